The highest BCUT2D eigenvalue weighted by Gasteiger charge is 2.17. The topological polar surface area (TPSA) is 117 Å². The van der Waals surface area contributed by atoms with Gasteiger partial charge in [0.25, 0.3) is 5.91 Å². The van der Waals surface area contributed by atoms with Crippen molar-refractivity contribution in [3.8, 4) is 5.75 Å². The van der Waals surface area contributed by atoms with Gasteiger partial charge in [-0.15, -0.1) is 0 Å². The molecule has 0 saturated heterocycles. The van der Waals surface area contributed by atoms with E-state index in [0.29, 0.717) is 5.95 Å². The van der Waals surface area contributed by atoms with Gasteiger partial charge in [-0.25, -0.2) is 14.1 Å². The van der Waals surface area contributed by atoms with Crippen LogP contribution in [-0.4, -0.2) is 30.2 Å². The van der Waals surface area contributed by atoms with Crippen LogP contribution in [0.25, 0.3) is 11.0 Å². The molecule has 4 aromatic rings. The number of ether oxygens (including phenoxy) is 1. The third kappa shape index (κ3) is 3.68. The highest BCUT2D eigenvalue weighted by atomic mass is 19.1. The zero-order valence-electron chi connectivity index (χ0n) is 15.7. The molecule has 1 amide bonds. The Morgan fingerprint density at radius 2 is 2.07 bits per heavy atom. The van der Waals surface area contributed by atoms with Crippen molar-refractivity contribution in [2.75, 3.05) is 5.32 Å². The van der Waals surface area contributed by atoms with Gasteiger partial charge in [-0.3, -0.25) is 20.2 Å². The van der Waals surface area contributed by atoms with Crippen LogP contribution >= 0.6 is 0 Å². The Labute approximate surface area is 168 Å². The first-order valence-electron chi connectivity index (χ1n) is 8.75. The number of nitro benzene ring substituents is 1. The van der Waals surface area contributed by atoms with Crippen molar-refractivity contribution in [2.24, 2.45) is 7.05 Å². The molecule has 30 heavy (non-hydrogen) atoms. The van der Waals surface area contributed by atoms with E-state index < -0.39 is 16.6 Å². The fourth-order valence-corrected chi connectivity index (χ4v) is 2.87. The highest BCUT2D eigenvalue weighted by molar-refractivity contribution is 6.02. The maximum absolute atomic E-state index is 13.4. The summed E-state index contributed by atoms with van der Waals surface area (Å²) in [4.78, 5) is 27.2. The van der Waals surface area contributed by atoms with Gasteiger partial charge >= 0.3 is 5.69 Å². The van der Waals surface area contributed by atoms with Crippen molar-refractivity contribution in [1.82, 2.24) is 19.3 Å². The number of imidazole rings is 1. The molecule has 0 bridgehead atoms. The molecule has 0 atom stereocenters. The van der Waals surface area contributed by atoms with E-state index in [4.69, 9.17) is 4.74 Å². The molecular formula is C19H15FN6O4. The Hall–Kier alpha value is -4.28. The van der Waals surface area contributed by atoms with Crippen LogP contribution in [-0.2, 0) is 13.8 Å². The molecule has 0 aliphatic rings. The predicted molar refractivity (Wildman–Crippen MR) is 105 cm³/mol. The van der Waals surface area contributed by atoms with Crippen LogP contribution in [0.1, 0.15) is 10.5 Å². The van der Waals surface area contributed by atoms with Gasteiger partial charge in [-0.2, -0.15) is 5.10 Å². The van der Waals surface area contributed by atoms with Crippen molar-refractivity contribution in [1.29, 1.82) is 0 Å². The third-order valence-electron chi connectivity index (χ3n) is 4.36. The maximum atomic E-state index is 13.4. The second-order valence-electron chi connectivity index (χ2n) is 6.32. The number of carbonyl (C=O) groups excluding carboxylic acids is 1. The largest absolute Gasteiger partial charge is 0.464 e. The number of halogens is 1. The second-order valence-corrected chi connectivity index (χ2v) is 6.32. The highest BCUT2D eigenvalue weighted by Crippen LogP contribution is 2.27. The quantitative estimate of drug-likeness (QED) is 0.386. The van der Waals surface area contributed by atoms with Crippen molar-refractivity contribution in [3.63, 3.8) is 0 Å². The van der Waals surface area contributed by atoms with E-state index in [9.17, 15) is 19.3 Å². The summed E-state index contributed by atoms with van der Waals surface area (Å²) in [6.07, 6.45) is 1.47. The Morgan fingerprint density at radius 3 is 2.83 bits per heavy atom. The molecule has 11 heteroatoms. The van der Waals surface area contributed by atoms with Gasteiger partial charge in [0.05, 0.1) is 16.0 Å². The van der Waals surface area contributed by atoms with Crippen molar-refractivity contribution in [2.45, 2.75) is 6.73 Å². The summed E-state index contributed by atoms with van der Waals surface area (Å²) in [7, 11) is 1.78. The monoisotopic (exact) mass is 410 g/mol. The Bertz CT molecular complexity index is 1270. The number of nitrogens with one attached hydrogen (secondary N) is 1. The number of amides is 1. The van der Waals surface area contributed by atoms with Crippen molar-refractivity contribution in [3.05, 3.63) is 76.4 Å². The number of nitrogens with zero attached hydrogens (tertiary/aromatic N) is 5. The molecule has 2 heterocycles. The number of anilines is 1. The first-order chi connectivity index (χ1) is 14.4. The average Bonchev–Trinajstić information content (AvgIpc) is 3.32. The normalized spacial score (nSPS) is 10.9. The Balaban J connectivity index is 1.46. The van der Waals surface area contributed by atoms with Gasteiger partial charge < -0.3 is 9.30 Å². The Kier molecular flexibility index (Phi) is 4.84. The second kappa shape index (κ2) is 7.62. The van der Waals surface area contributed by atoms with Gasteiger partial charge in [-0.1, -0.05) is 12.1 Å². The smallest absolute Gasteiger partial charge is 0.311 e. The fraction of sp³-hybridized carbons (Fsp3) is 0.105. The van der Waals surface area contributed by atoms with E-state index in [1.807, 2.05) is 24.3 Å². The number of hydrogen-bond donors (Lipinski definition) is 1. The maximum Gasteiger partial charge on any atom is 0.311 e. The van der Waals surface area contributed by atoms with E-state index in [2.05, 4.69) is 15.4 Å². The molecule has 2 aromatic carbocycles. The van der Waals surface area contributed by atoms with Gasteiger partial charge in [0.15, 0.2) is 12.4 Å². The van der Waals surface area contributed by atoms with Crippen LogP contribution in [0.2, 0.25) is 0 Å². The minimum Gasteiger partial charge on any atom is -0.464 e. The van der Waals surface area contributed by atoms with Crippen molar-refractivity contribution < 1.29 is 18.8 Å². The molecule has 152 valence electrons. The summed E-state index contributed by atoms with van der Waals surface area (Å²) < 4.78 is 21.7. The molecule has 0 aliphatic carbocycles. The molecule has 0 spiro atoms. The molecule has 0 aliphatic heterocycles. The zero-order chi connectivity index (χ0) is 21.3. The summed E-state index contributed by atoms with van der Waals surface area (Å²) >= 11 is 0. The SMILES string of the molecule is Cn1c(NC(=O)c2ccn(COc3cc(F)ccc3[N+](=O)[O-])n2)nc2ccccc21. The van der Waals surface area contributed by atoms with Crippen LogP contribution < -0.4 is 10.1 Å². The molecule has 0 saturated carbocycles. The molecule has 4 rings (SSSR count). The molecule has 1 N–H and O–H groups in total. The minimum absolute atomic E-state index is 0.0967. The number of hydrogen-bond acceptors (Lipinski definition) is 6. The molecule has 10 nitrogen and oxygen atoms in total. The molecule has 2 aromatic heterocycles. The van der Waals surface area contributed by atoms with Crippen LogP contribution in [0.15, 0.2) is 54.7 Å². The van der Waals surface area contributed by atoms with E-state index >= 15 is 0 Å². The van der Waals surface area contributed by atoms with E-state index in [0.717, 1.165) is 29.2 Å². The summed E-state index contributed by atoms with van der Waals surface area (Å²) in [6, 6.07) is 11.8. The van der Waals surface area contributed by atoms with E-state index in [1.165, 1.54) is 16.9 Å². The number of benzene rings is 2. The minimum atomic E-state index is -0.673. The third-order valence-corrected chi connectivity index (χ3v) is 4.36. The first kappa shape index (κ1) is 19.1. The lowest BCUT2D eigenvalue weighted by Gasteiger charge is -2.07. The van der Waals surface area contributed by atoms with Gasteiger partial charge in [0, 0.05) is 25.4 Å². The molecule has 0 unspecified atom stereocenters. The lowest BCUT2D eigenvalue weighted by Crippen LogP contribution is -2.16. The Morgan fingerprint density at radius 1 is 1.27 bits per heavy atom. The number of rotatable bonds is 6. The predicted octanol–water partition coefficient (Wildman–Crippen LogP) is 3.11. The zero-order valence-corrected chi connectivity index (χ0v) is 15.7. The van der Waals surface area contributed by atoms with Gasteiger partial charge in [-0.05, 0) is 24.3 Å². The van der Waals surface area contributed by atoms with Gasteiger partial charge in [0.2, 0.25) is 11.7 Å². The summed E-state index contributed by atoms with van der Waals surface area (Å²) in [5.74, 6) is -1.02. The van der Waals surface area contributed by atoms with E-state index in [1.54, 1.807) is 11.6 Å². The molecular weight excluding hydrogens is 395 g/mol. The summed E-state index contributed by atoms with van der Waals surface area (Å²) in [6.45, 7) is -0.246. The number of nitro groups is 1. The van der Waals surface area contributed by atoms with Crippen LogP contribution in [0.5, 0.6) is 5.75 Å². The van der Waals surface area contributed by atoms with Crippen LogP contribution in [0, 0.1) is 15.9 Å². The molecule has 0 fully saturated rings. The fourth-order valence-electron chi connectivity index (χ4n) is 2.87. The number of fused-ring (bicyclic) bond motifs is 1. The number of para-hydroxylation sites is 2. The van der Waals surface area contributed by atoms with Gasteiger partial charge in [0.1, 0.15) is 5.82 Å². The summed E-state index contributed by atoms with van der Waals surface area (Å²) in [5.41, 5.74) is 1.33. The lowest BCUT2D eigenvalue weighted by molar-refractivity contribution is -0.386. The lowest BCUT2D eigenvalue weighted by atomic mass is 10.3. The van der Waals surface area contributed by atoms with Crippen LogP contribution in [0.3, 0.4) is 0 Å². The number of carbonyl (C=O) groups is 1. The number of aryl methyl sites for hydroxylation is 1. The van der Waals surface area contributed by atoms with E-state index in [-0.39, 0.29) is 23.9 Å². The standard InChI is InChI=1S/C19H15FN6O4/c1-24-15-5-3-2-4-13(15)21-19(24)22-18(27)14-8-9-25(23-14)11-30-17-10-12(20)6-7-16(17)26(28)29/h2-10H,11H2,1H3,(H,21,22,27). The first-order valence-corrected chi connectivity index (χ1v) is 8.75. The van der Waals surface area contributed by atoms with Crippen molar-refractivity contribution >= 4 is 28.6 Å². The number of aromatic nitrogens is 4. The summed E-state index contributed by atoms with van der Waals surface area (Å²) in [5, 5.41) is 17.8. The van der Waals surface area contributed by atoms with Crippen LogP contribution in [0.4, 0.5) is 16.0 Å². The average molecular weight is 410 g/mol. The molecule has 0 radical (unpaired) electrons.